The van der Waals surface area contributed by atoms with Crippen LogP contribution in [0.3, 0.4) is 0 Å². The quantitative estimate of drug-likeness (QED) is 0.663. The highest BCUT2D eigenvalue weighted by Gasteiger charge is 1.98. The first kappa shape index (κ1) is 7.66. The van der Waals surface area contributed by atoms with Crippen LogP contribution in [-0.2, 0) is 6.67 Å². The summed E-state index contributed by atoms with van der Waals surface area (Å²) >= 11 is 3.03. The Kier molecular flexibility index (Phi) is 2.38. The van der Waals surface area contributed by atoms with E-state index in [0.29, 0.717) is 10.0 Å². The first-order valence-corrected chi connectivity index (χ1v) is 3.53. The second-order valence-electron chi connectivity index (χ2n) is 1.87. The van der Waals surface area contributed by atoms with Gasteiger partial charge in [-0.1, -0.05) is 22.0 Å². The average molecular weight is 207 g/mol. The Labute approximate surface area is 66.0 Å². The Bertz CT molecular complexity index is 235. The average Bonchev–Trinajstić information content (AvgIpc) is 1.88. The van der Waals surface area contributed by atoms with Gasteiger partial charge in [0.1, 0.15) is 12.5 Å². The molecule has 0 spiro atoms. The van der Waals surface area contributed by atoms with Crippen molar-refractivity contribution < 1.29 is 8.78 Å². The number of benzene rings is 1. The molecular weight excluding hydrogens is 202 g/mol. The Morgan fingerprint density at radius 3 is 2.60 bits per heavy atom. The van der Waals surface area contributed by atoms with Gasteiger partial charge >= 0.3 is 0 Å². The van der Waals surface area contributed by atoms with Crippen LogP contribution in [0.4, 0.5) is 8.78 Å². The summed E-state index contributed by atoms with van der Waals surface area (Å²) in [7, 11) is 0. The molecule has 0 aromatic heterocycles. The molecule has 3 heteroatoms. The van der Waals surface area contributed by atoms with Crippen molar-refractivity contribution in [2.45, 2.75) is 6.67 Å². The van der Waals surface area contributed by atoms with Gasteiger partial charge in [0, 0.05) is 4.47 Å². The molecule has 0 aliphatic heterocycles. The van der Waals surface area contributed by atoms with Gasteiger partial charge in [-0.25, -0.2) is 8.78 Å². The smallest absolute Gasteiger partial charge is 0.124 e. The zero-order chi connectivity index (χ0) is 7.56. The molecule has 10 heavy (non-hydrogen) atoms. The molecular formula is C7H5BrF2. The van der Waals surface area contributed by atoms with Crippen LogP contribution in [0.1, 0.15) is 5.56 Å². The highest BCUT2D eigenvalue weighted by Crippen LogP contribution is 2.18. The van der Waals surface area contributed by atoms with Gasteiger partial charge < -0.3 is 0 Å². The van der Waals surface area contributed by atoms with Crippen LogP contribution in [0, 0.1) is 5.82 Å². The fourth-order valence-corrected chi connectivity index (χ4v) is 1.09. The minimum absolute atomic E-state index is 0.357. The number of hydrogen-bond acceptors (Lipinski definition) is 0. The molecule has 1 aromatic carbocycles. The molecule has 0 aliphatic carbocycles. The lowest BCUT2D eigenvalue weighted by Crippen LogP contribution is -1.81. The molecule has 0 aliphatic rings. The van der Waals surface area contributed by atoms with Gasteiger partial charge in [0.05, 0.1) is 0 Å². The topological polar surface area (TPSA) is 0 Å². The lowest BCUT2D eigenvalue weighted by Gasteiger charge is -1.96. The summed E-state index contributed by atoms with van der Waals surface area (Å²) in [6.45, 7) is -0.569. The summed E-state index contributed by atoms with van der Waals surface area (Å²) < 4.78 is 24.8. The molecule has 0 saturated heterocycles. The largest absolute Gasteiger partial charge is 0.246 e. The monoisotopic (exact) mass is 206 g/mol. The van der Waals surface area contributed by atoms with E-state index in [2.05, 4.69) is 15.9 Å². The fraction of sp³-hybridized carbons (Fsp3) is 0.143. The minimum Gasteiger partial charge on any atom is -0.246 e. The Morgan fingerprint density at radius 2 is 2.10 bits per heavy atom. The maximum Gasteiger partial charge on any atom is 0.124 e. The van der Waals surface area contributed by atoms with E-state index in [1.165, 1.54) is 18.2 Å². The van der Waals surface area contributed by atoms with Crippen molar-refractivity contribution in [3.63, 3.8) is 0 Å². The third-order valence-corrected chi connectivity index (χ3v) is 1.90. The first-order chi connectivity index (χ1) is 4.74. The van der Waals surface area contributed by atoms with Gasteiger partial charge in [0.2, 0.25) is 0 Å². The molecule has 54 valence electrons. The molecule has 0 saturated carbocycles. The van der Waals surface area contributed by atoms with Crippen LogP contribution >= 0.6 is 15.9 Å². The number of halogens is 3. The van der Waals surface area contributed by atoms with Gasteiger partial charge in [-0.3, -0.25) is 0 Å². The lowest BCUT2D eigenvalue weighted by molar-refractivity contribution is 0.483. The summed E-state index contributed by atoms with van der Waals surface area (Å²) in [6, 6.07) is 3.90. The summed E-state index contributed by atoms with van der Waals surface area (Å²) in [4.78, 5) is 0. The van der Waals surface area contributed by atoms with Crippen molar-refractivity contribution in [2.24, 2.45) is 0 Å². The van der Waals surface area contributed by atoms with E-state index in [1.807, 2.05) is 0 Å². The molecule has 1 aromatic rings. The van der Waals surface area contributed by atoms with Crippen molar-refractivity contribution in [1.82, 2.24) is 0 Å². The van der Waals surface area contributed by atoms with Crippen LogP contribution in [0.15, 0.2) is 22.7 Å². The van der Waals surface area contributed by atoms with E-state index in [0.717, 1.165) is 0 Å². The normalized spacial score (nSPS) is 9.90. The first-order valence-electron chi connectivity index (χ1n) is 2.74. The van der Waals surface area contributed by atoms with Crippen LogP contribution in [0.5, 0.6) is 0 Å². The van der Waals surface area contributed by atoms with Gasteiger partial charge in [-0.05, 0) is 17.7 Å². The predicted molar refractivity (Wildman–Crippen MR) is 38.9 cm³/mol. The van der Waals surface area contributed by atoms with E-state index in [1.54, 1.807) is 0 Å². The van der Waals surface area contributed by atoms with E-state index >= 15 is 0 Å². The zero-order valence-corrected chi connectivity index (χ0v) is 6.66. The van der Waals surface area contributed by atoms with Gasteiger partial charge in [-0.15, -0.1) is 0 Å². The second-order valence-corrected chi connectivity index (χ2v) is 2.72. The van der Waals surface area contributed by atoms with Crippen molar-refractivity contribution in [1.29, 1.82) is 0 Å². The second kappa shape index (κ2) is 3.10. The van der Waals surface area contributed by atoms with Gasteiger partial charge in [0.25, 0.3) is 0 Å². The standard InChI is InChI=1S/C7H5BrF2/c8-7-3-6(10)2-1-5(7)4-9/h1-3H,4H2. The Hall–Kier alpha value is -0.440. The van der Waals surface area contributed by atoms with E-state index in [9.17, 15) is 8.78 Å². The third-order valence-electron chi connectivity index (χ3n) is 1.16. The van der Waals surface area contributed by atoms with Crippen molar-refractivity contribution in [3.8, 4) is 0 Å². The maximum absolute atomic E-state index is 12.3. The summed E-state index contributed by atoms with van der Waals surface area (Å²) in [6.07, 6.45) is 0. The highest BCUT2D eigenvalue weighted by molar-refractivity contribution is 9.10. The molecule has 1 rings (SSSR count). The summed E-state index contributed by atoms with van der Waals surface area (Å²) in [5.74, 6) is -0.357. The molecule has 0 heterocycles. The molecule has 0 unspecified atom stereocenters. The fourth-order valence-electron chi connectivity index (χ4n) is 0.630. The van der Waals surface area contributed by atoms with Crippen LogP contribution in [0.2, 0.25) is 0 Å². The maximum atomic E-state index is 12.3. The Morgan fingerprint density at radius 1 is 1.40 bits per heavy atom. The zero-order valence-electron chi connectivity index (χ0n) is 5.07. The molecule has 0 amide bonds. The highest BCUT2D eigenvalue weighted by atomic mass is 79.9. The number of rotatable bonds is 1. The molecule has 0 radical (unpaired) electrons. The number of hydrogen-bond donors (Lipinski definition) is 0. The predicted octanol–water partition coefficient (Wildman–Crippen LogP) is 3.06. The van der Waals surface area contributed by atoms with E-state index in [-0.39, 0.29) is 5.82 Å². The van der Waals surface area contributed by atoms with E-state index in [4.69, 9.17) is 0 Å². The minimum atomic E-state index is -0.569. The molecule has 0 bridgehead atoms. The van der Waals surface area contributed by atoms with Crippen molar-refractivity contribution in [2.75, 3.05) is 0 Å². The third kappa shape index (κ3) is 1.53. The summed E-state index contributed by atoms with van der Waals surface area (Å²) in [5.41, 5.74) is 0.474. The Balaban J connectivity index is 3.07. The molecule has 0 fully saturated rings. The molecule has 0 nitrogen and oxygen atoms in total. The van der Waals surface area contributed by atoms with Crippen molar-refractivity contribution in [3.05, 3.63) is 34.1 Å². The van der Waals surface area contributed by atoms with Crippen LogP contribution < -0.4 is 0 Å². The van der Waals surface area contributed by atoms with Crippen LogP contribution in [-0.4, -0.2) is 0 Å². The summed E-state index contributed by atoms with van der Waals surface area (Å²) in [5, 5.41) is 0. The lowest BCUT2D eigenvalue weighted by atomic mass is 10.2. The van der Waals surface area contributed by atoms with E-state index < -0.39 is 6.67 Å². The van der Waals surface area contributed by atoms with Gasteiger partial charge in [-0.2, -0.15) is 0 Å². The SMILES string of the molecule is FCc1ccc(F)cc1Br. The van der Waals surface area contributed by atoms with Crippen molar-refractivity contribution >= 4 is 15.9 Å². The molecule has 0 atom stereocenters. The number of alkyl halides is 1. The van der Waals surface area contributed by atoms with Gasteiger partial charge in [0.15, 0.2) is 0 Å². The molecule has 0 N–H and O–H groups in total. The van der Waals surface area contributed by atoms with Crippen LogP contribution in [0.25, 0.3) is 0 Å².